The van der Waals surface area contributed by atoms with Gasteiger partial charge in [0.05, 0.1) is 0 Å². The molecule has 1 heterocycles. The van der Waals surface area contributed by atoms with Crippen LogP contribution in [-0.2, 0) is 23.3 Å². The van der Waals surface area contributed by atoms with Gasteiger partial charge in [0.15, 0.2) is 0 Å². The summed E-state index contributed by atoms with van der Waals surface area (Å²) in [4.78, 5) is 14.0. The number of thiol groups is 1. The van der Waals surface area contributed by atoms with Crippen molar-refractivity contribution in [3.05, 3.63) is 33.8 Å². The smallest absolute Gasteiger partial charge is 0.410 e. The molecule has 21 heavy (non-hydrogen) atoms. The zero-order valence-electron chi connectivity index (χ0n) is 12.8. The van der Waals surface area contributed by atoms with E-state index in [0.717, 1.165) is 23.4 Å². The summed E-state index contributed by atoms with van der Waals surface area (Å²) in [5.74, 6) is 0.619. The van der Waals surface area contributed by atoms with E-state index in [1.807, 2.05) is 26.8 Å². The number of fused-ring (bicyclic) bond motifs is 1. The van der Waals surface area contributed by atoms with Gasteiger partial charge >= 0.3 is 6.09 Å². The number of carbonyl (C=O) groups excluding carboxylic acids is 1. The van der Waals surface area contributed by atoms with Crippen LogP contribution < -0.4 is 0 Å². The molecule has 1 aromatic carbocycles. The number of benzene rings is 1. The predicted molar refractivity (Wildman–Crippen MR) is 89.4 cm³/mol. The Hall–Kier alpha value is -0.870. The van der Waals surface area contributed by atoms with Crippen LogP contribution in [0.25, 0.3) is 0 Å². The summed E-state index contributed by atoms with van der Waals surface area (Å²) >= 11 is 10.6. The van der Waals surface area contributed by atoms with Crippen molar-refractivity contribution in [1.82, 2.24) is 4.90 Å². The average molecular weight is 328 g/mol. The van der Waals surface area contributed by atoms with Crippen LogP contribution in [-0.4, -0.2) is 29.7 Å². The molecule has 0 radical (unpaired) electrons. The SMILES string of the molecule is CC(C)(C)OC(=O)N1CCc2ccc(Cl)c(CS)c2CC1. The van der Waals surface area contributed by atoms with Gasteiger partial charge in [-0.1, -0.05) is 17.7 Å². The topological polar surface area (TPSA) is 29.5 Å². The first kappa shape index (κ1) is 16.5. The lowest BCUT2D eigenvalue weighted by Crippen LogP contribution is -2.38. The van der Waals surface area contributed by atoms with E-state index >= 15 is 0 Å². The molecule has 0 aromatic heterocycles. The number of amides is 1. The zero-order chi connectivity index (χ0) is 15.6. The minimum atomic E-state index is -0.462. The molecule has 0 N–H and O–H groups in total. The highest BCUT2D eigenvalue weighted by molar-refractivity contribution is 7.79. The normalized spacial score (nSPS) is 15.4. The summed E-state index contributed by atoms with van der Waals surface area (Å²) in [6.45, 7) is 6.99. The summed E-state index contributed by atoms with van der Waals surface area (Å²) in [5.41, 5.74) is 3.12. The Balaban J connectivity index is 2.16. The van der Waals surface area contributed by atoms with E-state index in [0.29, 0.717) is 18.8 Å². The van der Waals surface area contributed by atoms with E-state index < -0.39 is 5.60 Å². The van der Waals surface area contributed by atoms with Crippen molar-refractivity contribution in [1.29, 1.82) is 0 Å². The largest absolute Gasteiger partial charge is 0.444 e. The number of hydrogen-bond acceptors (Lipinski definition) is 3. The van der Waals surface area contributed by atoms with E-state index in [9.17, 15) is 4.79 Å². The van der Waals surface area contributed by atoms with E-state index in [-0.39, 0.29) is 6.09 Å². The fourth-order valence-electron chi connectivity index (χ4n) is 2.55. The van der Waals surface area contributed by atoms with Gasteiger partial charge in [0, 0.05) is 23.9 Å². The fraction of sp³-hybridized carbons (Fsp3) is 0.562. The van der Waals surface area contributed by atoms with Gasteiger partial charge in [0.1, 0.15) is 5.60 Å². The second-order valence-corrected chi connectivity index (χ2v) is 7.01. The summed E-state index contributed by atoms with van der Waals surface area (Å²) in [5, 5.41) is 0.759. The Morgan fingerprint density at radius 1 is 1.33 bits per heavy atom. The van der Waals surface area contributed by atoms with Crippen LogP contribution in [0.1, 0.15) is 37.5 Å². The molecular weight excluding hydrogens is 306 g/mol. The first-order chi connectivity index (χ1) is 9.81. The summed E-state index contributed by atoms with van der Waals surface area (Å²) in [6, 6.07) is 3.98. The molecule has 116 valence electrons. The third-order valence-electron chi connectivity index (χ3n) is 3.56. The molecular formula is C16H22ClNO2S. The van der Waals surface area contributed by atoms with Gasteiger partial charge < -0.3 is 9.64 Å². The Kier molecular flexibility index (Phi) is 5.10. The van der Waals surface area contributed by atoms with Crippen LogP contribution in [0, 0.1) is 0 Å². The fourth-order valence-corrected chi connectivity index (χ4v) is 3.25. The second kappa shape index (κ2) is 6.49. The number of nitrogens with zero attached hydrogens (tertiary/aromatic N) is 1. The molecule has 0 aliphatic carbocycles. The van der Waals surface area contributed by atoms with Crippen molar-refractivity contribution in [2.45, 2.75) is 45.0 Å². The maximum Gasteiger partial charge on any atom is 0.410 e. The highest BCUT2D eigenvalue weighted by Crippen LogP contribution is 2.28. The van der Waals surface area contributed by atoms with Gasteiger partial charge in [-0.25, -0.2) is 4.79 Å². The van der Waals surface area contributed by atoms with E-state index in [4.69, 9.17) is 16.3 Å². The van der Waals surface area contributed by atoms with Crippen molar-refractivity contribution < 1.29 is 9.53 Å². The first-order valence-corrected chi connectivity index (χ1v) is 8.21. The van der Waals surface area contributed by atoms with Crippen LogP contribution in [0.4, 0.5) is 4.79 Å². The Morgan fingerprint density at radius 2 is 2.00 bits per heavy atom. The number of halogens is 1. The highest BCUT2D eigenvalue weighted by Gasteiger charge is 2.25. The van der Waals surface area contributed by atoms with Gasteiger partial charge in [-0.3, -0.25) is 0 Å². The quantitative estimate of drug-likeness (QED) is 0.787. The maximum atomic E-state index is 12.2. The average Bonchev–Trinajstić information content (AvgIpc) is 2.59. The molecule has 0 unspecified atom stereocenters. The maximum absolute atomic E-state index is 12.2. The summed E-state index contributed by atoms with van der Waals surface area (Å²) in [6.07, 6.45) is 1.38. The van der Waals surface area contributed by atoms with Gasteiger partial charge in [0.2, 0.25) is 0 Å². The van der Waals surface area contributed by atoms with Crippen LogP contribution in [0.5, 0.6) is 0 Å². The minimum Gasteiger partial charge on any atom is -0.444 e. The molecule has 1 aliphatic heterocycles. The number of ether oxygens (including phenoxy) is 1. The van der Waals surface area contributed by atoms with Crippen molar-refractivity contribution >= 4 is 30.3 Å². The number of rotatable bonds is 1. The van der Waals surface area contributed by atoms with E-state index in [2.05, 4.69) is 18.7 Å². The molecule has 0 bridgehead atoms. The highest BCUT2D eigenvalue weighted by atomic mass is 35.5. The van der Waals surface area contributed by atoms with Crippen LogP contribution in [0.2, 0.25) is 5.02 Å². The second-order valence-electron chi connectivity index (χ2n) is 6.29. The molecule has 1 amide bonds. The summed E-state index contributed by atoms with van der Waals surface area (Å²) in [7, 11) is 0. The number of carbonyl (C=O) groups is 1. The lowest BCUT2D eigenvalue weighted by atomic mass is 9.98. The monoisotopic (exact) mass is 327 g/mol. The van der Waals surface area contributed by atoms with E-state index in [1.54, 1.807) is 4.90 Å². The van der Waals surface area contributed by atoms with Gasteiger partial charge in [-0.15, -0.1) is 0 Å². The standard InChI is InChI=1S/C16H22ClNO2S/c1-16(2,3)20-15(19)18-8-6-11-4-5-14(17)13(10-21)12(11)7-9-18/h4-5,21H,6-10H2,1-3H3. The van der Waals surface area contributed by atoms with Gasteiger partial charge in [0.25, 0.3) is 0 Å². The van der Waals surface area contributed by atoms with Gasteiger partial charge in [-0.05, 0) is 56.4 Å². The zero-order valence-corrected chi connectivity index (χ0v) is 14.4. The van der Waals surface area contributed by atoms with Crippen molar-refractivity contribution in [3.8, 4) is 0 Å². The van der Waals surface area contributed by atoms with Crippen LogP contribution >= 0.6 is 24.2 Å². The third kappa shape index (κ3) is 4.07. The van der Waals surface area contributed by atoms with Crippen molar-refractivity contribution in [2.24, 2.45) is 0 Å². The van der Waals surface area contributed by atoms with Crippen molar-refractivity contribution in [3.63, 3.8) is 0 Å². The number of hydrogen-bond donors (Lipinski definition) is 1. The molecule has 0 saturated carbocycles. The Bertz CT molecular complexity index is 540. The van der Waals surface area contributed by atoms with Crippen LogP contribution in [0.3, 0.4) is 0 Å². The van der Waals surface area contributed by atoms with Crippen LogP contribution in [0.15, 0.2) is 12.1 Å². The molecule has 0 fully saturated rings. The van der Waals surface area contributed by atoms with Crippen molar-refractivity contribution in [2.75, 3.05) is 13.1 Å². The molecule has 3 nitrogen and oxygen atoms in total. The first-order valence-electron chi connectivity index (χ1n) is 7.19. The summed E-state index contributed by atoms with van der Waals surface area (Å²) < 4.78 is 5.46. The molecule has 0 atom stereocenters. The van der Waals surface area contributed by atoms with Gasteiger partial charge in [-0.2, -0.15) is 12.6 Å². The lowest BCUT2D eigenvalue weighted by Gasteiger charge is -2.26. The molecule has 5 heteroatoms. The predicted octanol–water partition coefficient (Wildman–Crippen LogP) is 4.11. The molecule has 0 saturated heterocycles. The molecule has 1 aromatic rings. The molecule has 2 rings (SSSR count). The van der Waals surface area contributed by atoms with E-state index in [1.165, 1.54) is 11.1 Å². The molecule has 0 spiro atoms. The minimum absolute atomic E-state index is 0.242. The molecule has 1 aliphatic rings. The Morgan fingerprint density at radius 3 is 2.62 bits per heavy atom. The lowest BCUT2D eigenvalue weighted by molar-refractivity contribution is 0.0258. The Labute approximate surface area is 137 Å². The third-order valence-corrected chi connectivity index (χ3v) is 4.23.